The summed E-state index contributed by atoms with van der Waals surface area (Å²) in [6, 6.07) is 31.2. The summed E-state index contributed by atoms with van der Waals surface area (Å²) in [5.41, 5.74) is 6.83. The van der Waals surface area contributed by atoms with Crippen molar-refractivity contribution in [2.75, 3.05) is 4.90 Å². The molecule has 2 aromatic heterocycles. The SMILES string of the molecule is Cc1ccccc1Oc1ccc(N2C(=S)N[C@H](c3ccccn3)[C@@H]2c2cc(C)n(-c3ccccc3O)c2C)cc1. The van der Waals surface area contributed by atoms with Gasteiger partial charge in [-0.1, -0.05) is 36.4 Å². The summed E-state index contributed by atoms with van der Waals surface area (Å²) < 4.78 is 8.25. The standard InChI is InChI=1S/C33H30N4O2S/c1-21-10-4-7-14-30(21)39-25-17-15-24(16-18-25)37-32(31(35-33(37)40)27-11-8-9-19-34-27)26-20-22(2)36(23(26)3)28-12-5-6-13-29(28)38/h4-20,31-32,38H,1-3H3,(H,35,40)/t31-,32+/m1/s1. The Hall–Kier alpha value is -4.62. The first-order valence-electron chi connectivity index (χ1n) is 13.2. The van der Waals surface area contributed by atoms with Gasteiger partial charge in [-0.25, -0.2) is 0 Å². The van der Waals surface area contributed by atoms with Gasteiger partial charge in [0.05, 0.1) is 23.5 Å². The quantitative estimate of drug-likeness (QED) is 0.215. The lowest BCUT2D eigenvalue weighted by atomic mass is 9.96. The van der Waals surface area contributed by atoms with Crippen LogP contribution >= 0.6 is 12.2 Å². The van der Waals surface area contributed by atoms with Crippen molar-refractivity contribution in [3.8, 4) is 22.9 Å². The summed E-state index contributed by atoms with van der Waals surface area (Å²) >= 11 is 5.94. The Morgan fingerprint density at radius 1 is 0.875 bits per heavy atom. The summed E-state index contributed by atoms with van der Waals surface area (Å²) in [6.07, 6.45) is 1.81. The van der Waals surface area contributed by atoms with Gasteiger partial charge in [0, 0.05) is 23.3 Å². The number of hydrogen-bond acceptors (Lipinski definition) is 4. The van der Waals surface area contributed by atoms with Crippen molar-refractivity contribution in [2.24, 2.45) is 0 Å². The number of hydrogen-bond donors (Lipinski definition) is 2. The van der Waals surface area contributed by atoms with Gasteiger partial charge >= 0.3 is 0 Å². The summed E-state index contributed by atoms with van der Waals surface area (Å²) in [5, 5.41) is 14.8. The van der Waals surface area contributed by atoms with Crippen LogP contribution in [0.25, 0.3) is 5.69 Å². The van der Waals surface area contributed by atoms with Gasteiger partial charge < -0.3 is 24.6 Å². The topological polar surface area (TPSA) is 62.5 Å². The zero-order valence-electron chi connectivity index (χ0n) is 22.6. The van der Waals surface area contributed by atoms with E-state index < -0.39 is 0 Å². The molecule has 0 amide bonds. The van der Waals surface area contributed by atoms with E-state index in [0.29, 0.717) is 5.11 Å². The Morgan fingerprint density at radius 2 is 1.60 bits per heavy atom. The monoisotopic (exact) mass is 546 g/mol. The van der Waals surface area contributed by atoms with Crippen LogP contribution in [0.4, 0.5) is 5.69 Å². The average Bonchev–Trinajstić information content (AvgIpc) is 3.46. The smallest absolute Gasteiger partial charge is 0.174 e. The molecule has 0 spiro atoms. The second-order valence-electron chi connectivity index (χ2n) is 10.0. The van der Waals surface area contributed by atoms with E-state index in [1.54, 1.807) is 6.07 Å². The van der Waals surface area contributed by atoms with E-state index in [0.717, 1.165) is 51.1 Å². The van der Waals surface area contributed by atoms with Gasteiger partial charge in [0.1, 0.15) is 17.2 Å². The van der Waals surface area contributed by atoms with Crippen molar-refractivity contribution in [3.63, 3.8) is 0 Å². The molecule has 1 aliphatic heterocycles. The number of aromatic nitrogens is 2. The predicted molar refractivity (Wildman–Crippen MR) is 163 cm³/mol. The molecule has 0 bridgehead atoms. The van der Waals surface area contributed by atoms with Crippen molar-refractivity contribution in [1.82, 2.24) is 14.9 Å². The number of aryl methyl sites for hydroxylation is 2. The number of para-hydroxylation sites is 3. The van der Waals surface area contributed by atoms with Crippen molar-refractivity contribution >= 4 is 23.0 Å². The Labute approximate surface area is 239 Å². The van der Waals surface area contributed by atoms with Crippen LogP contribution in [0.5, 0.6) is 17.2 Å². The second kappa shape index (κ2) is 10.5. The molecule has 0 saturated carbocycles. The second-order valence-corrected chi connectivity index (χ2v) is 10.4. The highest BCUT2D eigenvalue weighted by molar-refractivity contribution is 7.80. The largest absolute Gasteiger partial charge is 0.506 e. The van der Waals surface area contributed by atoms with Gasteiger partial charge in [-0.3, -0.25) is 4.98 Å². The van der Waals surface area contributed by atoms with E-state index in [-0.39, 0.29) is 17.8 Å². The van der Waals surface area contributed by atoms with E-state index >= 15 is 0 Å². The lowest BCUT2D eigenvalue weighted by Gasteiger charge is -2.28. The first-order valence-corrected chi connectivity index (χ1v) is 13.6. The zero-order valence-corrected chi connectivity index (χ0v) is 23.4. The van der Waals surface area contributed by atoms with E-state index in [4.69, 9.17) is 17.0 Å². The Kier molecular flexibility index (Phi) is 6.74. The van der Waals surface area contributed by atoms with Crippen molar-refractivity contribution < 1.29 is 9.84 Å². The van der Waals surface area contributed by atoms with Crippen LogP contribution in [-0.4, -0.2) is 19.8 Å². The molecular formula is C33H30N4O2S. The Bertz CT molecular complexity index is 1680. The van der Waals surface area contributed by atoms with Crippen LogP contribution in [0.3, 0.4) is 0 Å². The van der Waals surface area contributed by atoms with Gasteiger partial charge in [-0.05, 0) is 105 Å². The van der Waals surface area contributed by atoms with Gasteiger partial charge in [0.25, 0.3) is 0 Å². The summed E-state index contributed by atoms with van der Waals surface area (Å²) in [4.78, 5) is 6.84. The van der Waals surface area contributed by atoms with E-state index in [9.17, 15) is 5.11 Å². The molecule has 0 aliphatic carbocycles. The summed E-state index contributed by atoms with van der Waals surface area (Å²) in [7, 11) is 0. The Balaban J connectivity index is 1.42. The minimum atomic E-state index is -0.171. The maximum Gasteiger partial charge on any atom is 0.174 e. The van der Waals surface area contributed by atoms with Crippen LogP contribution in [0.2, 0.25) is 0 Å². The normalized spacial score (nSPS) is 16.7. The average molecular weight is 547 g/mol. The Morgan fingerprint density at radius 3 is 2.33 bits per heavy atom. The molecule has 40 heavy (non-hydrogen) atoms. The number of nitrogens with one attached hydrogen (secondary N) is 1. The molecule has 2 N–H and O–H groups in total. The number of phenols is 1. The molecule has 7 heteroatoms. The van der Waals surface area contributed by atoms with Gasteiger partial charge in [0.15, 0.2) is 5.11 Å². The fourth-order valence-corrected chi connectivity index (χ4v) is 5.88. The van der Waals surface area contributed by atoms with Crippen LogP contribution in [-0.2, 0) is 0 Å². The number of thiocarbonyl (C=S) groups is 1. The number of nitrogens with zero attached hydrogens (tertiary/aromatic N) is 3. The van der Waals surface area contributed by atoms with Crippen LogP contribution < -0.4 is 15.0 Å². The third-order valence-electron chi connectivity index (χ3n) is 7.45. The van der Waals surface area contributed by atoms with Gasteiger partial charge in [-0.2, -0.15) is 0 Å². The number of anilines is 1. The molecule has 5 aromatic rings. The molecule has 2 atom stereocenters. The number of ether oxygens (including phenoxy) is 1. The number of rotatable bonds is 6. The third-order valence-corrected chi connectivity index (χ3v) is 7.76. The molecule has 3 heterocycles. The minimum Gasteiger partial charge on any atom is -0.506 e. The first kappa shape index (κ1) is 25.6. The minimum absolute atomic E-state index is 0.170. The maximum atomic E-state index is 10.7. The first-order chi connectivity index (χ1) is 19.4. The lowest BCUT2D eigenvalue weighted by Crippen LogP contribution is -2.29. The van der Waals surface area contributed by atoms with Gasteiger partial charge in [0.2, 0.25) is 0 Å². The molecule has 1 saturated heterocycles. The fourth-order valence-electron chi connectivity index (χ4n) is 5.53. The highest BCUT2D eigenvalue weighted by Crippen LogP contribution is 2.44. The molecule has 0 unspecified atom stereocenters. The van der Waals surface area contributed by atoms with Crippen LogP contribution in [0.15, 0.2) is 103 Å². The lowest BCUT2D eigenvalue weighted by molar-refractivity contribution is 0.471. The van der Waals surface area contributed by atoms with Crippen LogP contribution in [0.1, 0.15) is 40.3 Å². The highest BCUT2D eigenvalue weighted by Gasteiger charge is 2.42. The molecule has 3 aromatic carbocycles. The van der Waals surface area contributed by atoms with Crippen molar-refractivity contribution in [1.29, 1.82) is 0 Å². The highest BCUT2D eigenvalue weighted by atomic mass is 32.1. The van der Waals surface area contributed by atoms with Crippen molar-refractivity contribution in [2.45, 2.75) is 32.9 Å². The molecule has 200 valence electrons. The number of benzene rings is 3. The fraction of sp³-hybridized carbons (Fsp3) is 0.152. The molecule has 0 radical (unpaired) electrons. The van der Waals surface area contributed by atoms with Crippen LogP contribution in [0, 0.1) is 20.8 Å². The molecule has 6 rings (SSSR count). The van der Waals surface area contributed by atoms with Gasteiger partial charge in [-0.15, -0.1) is 0 Å². The maximum absolute atomic E-state index is 10.7. The molecular weight excluding hydrogens is 516 g/mol. The molecule has 1 fully saturated rings. The molecule has 6 nitrogen and oxygen atoms in total. The predicted octanol–water partition coefficient (Wildman–Crippen LogP) is 7.47. The zero-order chi connectivity index (χ0) is 27.8. The number of pyridine rings is 1. The van der Waals surface area contributed by atoms with E-state index in [1.165, 1.54) is 0 Å². The number of phenolic OH excluding ortho intramolecular Hbond substituents is 1. The van der Waals surface area contributed by atoms with E-state index in [1.807, 2.05) is 98.0 Å². The number of aromatic hydroxyl groups is 1. The summed E-state index contributed by atoms with van der Waals surface area (Å²) in [5.74, 6) is 1.82. The van der Waals surface area contributed by atoms with E-state index in [2.05, 4.69) is 39.7 Å². The van der Waals surface area contributed by atoms with Crippen molar-refractivity contribution in [3.05, 3.63) is 131 Å². The third kappa shape index (κ3) is 4.58. The summed E-state index contributed by atoms with van der Waals surface area (Å²) in [6.45, 7) is 6.18. The molecule has 1 aliphatic rings.